The first-order valence-electron chi connectivity index (χ1n) is 6.23. The number of rotatable bonds is 2. The summed E-state index contributed by atoms with van der Waals surface area (Å²) in [5.74, 6) is 0. The normalized spacial score (nSPS) is 11.1. The lowest BCUT2D eigenvalue weighted by Gasteiger charge is -2.07. The molecule has 0 aliphatic rings. The average molecular weight is 271 g/mol. The Morgan fingerprint density at radius 1 is 1.11 bits per heavy atom. The highest BCUT2D eigenvalue weighted by Crippen LogP contribution is 2.22. The van der Waals surface area contributed by atoms with Crippen molar-refractivity contribution in [3.05, 3.63) is 64.8 Å². The van der Waals surface area contributed by atoms with Crippen LogP contribution in [0, 0.1) is 6.92 Å². The Bertz CT molecular complexity index is 744. The molecule has 19 heavy (non-hydrogen) atoms. The maximum atomic E-state index is 5.94. The minimum absolute atomic E-state index is 0.608. The number of halogens is 1. The lowest BCUT2D eigenvalue weighted by molar-refractivity contribution is 0.837. The van der Waals surface area contributed by atoms with Crippen molar-refractivity contribution in [2.75, 3.05) is 5.73 Å². The molecule has 1 aromatic heterocycles. The fourth-order valence-corrected chi connectivity index (χ4v) is 2.46. The van der Waals surface area contributed by atoms with Gasteiger partial charge in [-0.2, -0.15) is 0 Å². The Labute approximate surface area is 117 Å². The van der Waals surface area contributed by atoms with Crippen molar-refractivity contribution in [1.82, 2.24) is 4.57 Å². The quantitative estimate of drug-likeness (QED) is 0.694. The predicted octanol–water partition coefficient (Wildman–Crippen LogP) is 4.23. The van der Waals surface area contributed by atoms with E-state index in [-0.39, 0.29) is 0 Å². The highest BCUT2D eigenvalue weighted by atomic mass is 35.5. The van der Waals surface area contributed by atoms with Crippen LogP contribution in [-0.2, 0) is 6.54 Å². The topological polar surface area (TPSA) is 30.9 Å². The van der Waals surface area contributed by atoms with Crippen molar-refractivity contribution in [2.24, 2.45) is 0 Å². The van der Waals surface area contributed by atoms with E-state index in [9.17, 15) is 0 Å². The second kappa shape index (κ2) is 4.63. The molecule has 0 aliphatic carbocycles. The van der Waals surface area contributed by atoms with Crippen molar-refractivity contribution in [3.63, 3.8) is 0 Å². The average Bonchev–Trinajstić information content (AvgIpc) is 2.76. The molecule has 3 heteroatoms. The molecule has 0 unspecified atom stereocenters. The number of nitrogens with zero attached hydrogens (tertiary/aromatic N) is 1. The molecule has 0 saturated carbocycles. The molecule has 2 N–H and O–H groups in total. The summed E-state index contributed by atoms with van der Waals surface area (Å²) in [6.45, 7) is 2.91. The molecule has 1 heterocycles. The Morgan fingerprint density at radius 3 is 2.74 bits per heavy atom. The number of aryl methyl sites for hydroxylation is 1. The van der Waals surface area contributed by atoms with E-state index in [1.807, 2.05) is 18.2 Å². The zero-order chi connectivity index (χ0) is 13.4. The third kappa shape index (κ3) is 2.32. The number of anilines is 1. The molecule has 0 fully saturated rings. The van der Waals surface area contributed by atoms with Crippen LogP contribution in [0.5, 0.6) is 0 Å². The van der Waals surface area contributed by atoms with Crippen LogP contribution in [0.1, 0.15) is 11.1 Å². The van der Waals surface area contributed by atoms with Crippen LogP contribution in [-0.4, -0.2) is 4.57 Å². The maximum Gasteiger partial charge on any atom is 0.0635 e. The second-order valence-corrected chi connectivity index (χ2v) is 5.27. The molecule has 2 aromatic carbocycles. The maximum absolute atomic E-state index is 5.94. The molecule has 3 aromatic rings. The fourth-order valence-electron chi connectivity index (χ4n) is 2.35. The Hall–Kier alpha value is -1.93. The number of aromatic nitrogens is 1. The number of hydrogen-bond acceptors (Lipinski definition) is 1. The molecule has 0 bridgehead atoms. The molecule has 3 rings (SSSR count). The van der Waals surface area contributed by atoms with Gasteiger partial charge in [-0.3, -0.25) is 0 Å². The Morgan fingerprint density at radius 2 is 1.95 bits per heavy atom. The van der Waals surface area contributed by atoms with Crippen LogP contribution in [0.25, 0.3) is 10.9 Å². The van der Waals surface area contributed by atoms with Crippen molar-refractivity contribution < 1.29 is 0 Å². The minimum atomic E-state index is 0.608. The largest absolute Gasteiger partial charge is 0.398 e. The zero-order valence-corrected chi connectivity index (χ0v) is 11.5. The molecule has 0 radical (unpaired) electrons. The standard InChI is InChI=1S/C16H15ClN2/c1-11-2-5-16-13(8-11)6-7-19(16)10-12-3-4-14(17)15(18)9-12/h2-9H,10,18H2,1H3. The van der Waals surface area contributed by atoms with Gasteiger partial charge in [0.25, 0.3) is 0 Å². The van der Waals surface area contributed by atoms with Crippen molar-refractivity contribution in [3.8, 4) is 0 Å². The molecule has 0 aliphatic heterocycles. The van der Waals surface area contributed by atoms with E-state index in [4.69, 9.17) is 17.3 Å². The second-order valence-electron chi connectivity index (χ2n) is 4.86. The van der Waals surface area contributed by atoms with Crippen molar-refractivity contribution in [2.45, 2.75) is 13.5 Å². The van der Waals surface area contributed by atoms with Gasteiger partial charge in [0.05, 0.1) is 10.7 Å². The molecule has 96 valence electrons. The van der Waals surface area contributed by atoms with Gasteiger partial charge in [-0.05, 0) is 48.2 Å². The van der Waals surface area contributed by atoms with E-state index in [1.165, 1.54) is 16.5 Å². The van der Waals surface area contributed by atoms with E-state index >= 15 is 0 Å². The third-order valence-corrected chi connectivity index (χ3v) is 3.68. The fraction of sp³-hybridized carbons (Fsp3) is 0.125. The summed E-state index contributed by atoms with van der Waals surface area (Å²) >= 11 is 5.94. The van der Waals surface area contributed by atoms with Gasteiger partial charge in [0, 0.05) is 18.3 Å². The number of benzene rings is 2. The van der Waals surface area contributed by atoms with Crippen LogP contribution in [0.4, 0.5) is 5.69 Å². The number of nitrogen functional groups attached to an aromatic ring is 1. The van der Waals surface area contributed by atoms with E-state index in [1.54, 1.807) is 0 Å². The smallest absolute Gasteiger partial charge is 0.0635 e. The highest BCUT2D eigenvalue weighted by Gasteiger charge is 2.03. The van der Waals surface area contributed by atoms with E-state index in [2.05, 4.69) is 42.0 Å². The molecule has 0 atom stereocenters. The first-order chi connectivity index (χ1) is 9.13. The van der Waals surface area contributed by atoms with E-state index < -0.39 is 0 Å². The lowest BCUT2D eigenvalue weighted by atomic mass is 10.1. The summed E-state index contributed by atoms with van der Waals surface area (Å²) in [5.41, 5.74) is 10.1. The Balaban J connectivity index is 1.98. The van der Waals surface area contributed by atoms with E-state index in [0.29, 0.717) is 10.7 Å². The van der Waals surface area contributed by atoms with Gasteiger partial charge in [-0.15, -0.1) is 0 Å². The summed E-state index contributed by atoms with van der Waals surface area (Å²) in [7, 11) is 0. The molecular formula is C16H15ClN2. The number of fused-ring (bicyclic) bond motifs is 1. The van der Waals surface area contributed by atoms with Gasteiger partial charge in [-0.1, -0.05) is 29.3 Å². The lowest BCUT2D eigenvalue weighted by Crippen LogP contribution is -1.99. The third-order valence-electron chi connectivity index (χ3n) is 3.34. The van der Waals surface area contributed by atoms with Crippen LogP contribution in [0.15, 0.2) is 48.7 Å². The molecule has 0 amide bonds. The summed E-state index contributed by atoms with van der Waals surface area (Å²) in [4.78, 5) is 0. The summed E-state index contributed by atoms with van der Waals surface area (Å²) < 4.78 is 2.22. The zero-order valence-electron chi connectivity index (χ0n) is 10.7. The van der Waals surface area contributed by atoms with Crippen LogP contribution < -0.4 is 5.73 Å². The van der Waals surface area contributed by atoms with Crippen molar-refractivity contribution in [1.29, 1.82) is 0 Å². The van der Waals surface area contributed by atoms with Gasteiger partial charge < -0.3 is 10.3 Å². The molecule has 0 spiro atoms. The van der Waals surface area contributed by atoms with Gasteiger partial charge in [0.2, 0.25) is 0 Å². The Kier molecular flexibility index (Phi) is 2.96. The first kappa shape index (κ1) is 12.1. The van der Waals surface area contributed by atoms with Gasteiger partial charge in [0.1, 0.15) is 0 Å². The SMILES string of the molecule is Cc1ccc2c(ccn2Cc2ccc(Cl)c(N)c2)c1. The van der Waals surface area contributed by atoms with Gasteiger partial charge in [-0.25, -0.2) is 0 Å². The molecular weight excluding hydrogens is 256 g/mol. The first-order valence-corrected chi connectivity index (χ1v) is 6.61. The molecule has 2 nitrogen and oxygen atoms in total. The van der Waals surface area contributed by atoms with E-state index in [0.717, 1.165) is 12.1 Å². The molecule has 0 saturated heterocycles. The monoisotopic (exact) mass is 270 g/mol. The summed E-state index contributed by atoms with van der Waals surface area (Å²) in [6.07, 6.45) is 2.11. The number of nitrogens with two attached hydrogens (primary N) is 1. The van der Waals surface area contributed by atoms with Gasteiger partial charge in [0.15, 0.2) is 0 Å². The van der Waals surface area contributed by atoms with Crippen LogP contribution in [0.3, 0.4) is 0 Å². The summed E-state index contributed by atoms with van der Waals surface area (Å²) in [6, 6.07) is 14.4. The van der Waals surface area contributed by atoms with Crippen LogP contribution >= 0.6 is 11.6 Å². The summed E-state index contributed by atoms with van der Waals surface area (Å²) in [5, 5.41) is 1.87. The van der Waals surface area contributed by atoms with Crippen LogP contribution in [0.2, 0.25) is 5.02 Å². The number of hydrogen-bond donors (Lipinski definition) is 1. The predicted molar refractivity (Wildman–Crippen MR) is 81.6 cm³/mol. The highest BCUT2D eigenvalue weighted by molar-refractivity contribution is 6.33. The minimum Gasteiger partial charge on any atom is -0.398 e. The van der Waals surface area contributed by atoms with Crippen molar-refractivity contribution >= 4 is 28.2 Å². The van der Waals surface area contributed by atoms with Gasteiger partial charge >= 0.3 is 0 Å².